The Balaban J connectivity index is 2.69. The average Bonchev–Trinajstić information content (AvgIpc) is 2.58. The maximum atomic E-state index is 13.5. The van der Waals surface area contributed by atoms with Crippen LogP contribution in [0, 0.1) is 10.6 Å². The highest BCUT2D eigenvalue weighted by atomic mass is 32.1. The second-order valence-corrected chi connectivity index (χ2v) is 3.77. The molecule has 0 aliphatic heterocycles. The van der Waals surface area contributed by atoms with E-state index in [2.05, 4.69) is 10.2 Å². The standard InChI is InChI=1S/C9H6F4N4S/c10-5-2-1-4(9(11,12)13)3-6(5)17-7(14)15-16-8(17)18/h1-3H,(H2,14,15)(H,16,18). The van der Waals surface area contributed by atoms with Gasteiger partial charge in [-0.3, -0.25) is 4.57 Å². The number of H-pyrrole nitrogens is 1. The highest BCUT2D eigenvalue weighted by Gasteiger charge is 2.31. The van der Waals surface area contributed by atoms with Gasteiger partial charge in [-0.1, -0.05) is 0 Å². The molecule has 0 fully saturated rings. The SMILES string of the molecule is Nc1n[nH]c(=S)n1-c1cc(C(F)(F)F)ccc1F. The molecular formula is C9H6F4N4S. The zero-order chi connectivity index (χ0) is 13.5. The van der Waals surface area contributed by atoms with Crippen LogP contribution < -0.4 is 5.73 Å². The summed E-state index contributed by atoms with van der Waals surface area (Å²) in [6.07, 6.45) is -4.58. The van der Waals surface area contributed by atoms with Crippen molar-refractivity contribution < 1.29 is 17.6 Å². The molecule has 0 amide bonds. The maximum absolute atomic E-state index is 13.5. The first kappa shape index (κ1) is 12.6. The largest absolute Gasteiger partial charge is 0.416 e. The molecule has 4 nitrogen and oxygen atoms in total. The lowest BCUT2D eigenvalue weighted by Gasteiger charge is -2.10. The lowest BCUT2D eigenvalue weighted by Crippen LogP contribution is -2.09. The van der Waals surface area contributed by atoms with E-state index in [1.54, 1.807) is 0 Å². The van der Waals surface area contributed by atoms with E-state index in [0.29, 0.717) is 18.2 Å². The van der Waals surface area contributed by atoms with Gasteiger partial charge < -0.3 is 5.73 Å². The number of nitrogen functional groups attached to an aromatic ring is 1. The van der Waals surface area contributed by atoms with E-state index >= 15 is 0 Å². The summed E-state index contributed by atoms with van der Waals surface area (Å²) >= 11 is 4.77. The second-order valence-electron chi connectivity index (χ2n) is 3.39. The van der Waals surface area contributed by atoms with Gasteiger partial charge in [0.1, 0.15) is 5.82 Å². The number of rotatable bonds is 1. The zero-order valence-electron chi connectivity index (χ0n) is 8.62. The molecule has 0 radical (unpaired) electrons. The molecule has 0 bridgehead atoms. The van der Waals surface area contributed by atoms with Crippen molar-refractivity contribution in [1.29, 1.82) is 0 Å². The number of hydrogen-bond donors (Lipinski definition) is 2. The Bertz CT molecular complexity index is 643. The molecule has 1 aromatic heterocycles. The minimum atomic E-state index is -4.58. The smallest absolute Gasteiger partial charge is 0.368 e. The first-order valence-corrected chi connectivity index (χ1v) is 5.01. The van der Waals surface area contributed by atoms with E-state index in [1.165, 1.54) is 0 Å². The Hall–Kier alpha value is -1.90. The van der Waals surface area contributed by atoms with Gasteiger partial charge in [-0.25, -0.2) is 9.49 Å². The molecule has 1 aromatic carbocycles. The van der Waals surface area contributed by atoms with Crippen molar-refractivity contribution in [3.8, 4) is 5.69 Å². The zero-order valence-corrected chi connectivity index (χ0v) is 9.44. The third-order valence-corrected chi connectivity index (χ3v) is 2.49. The molecule has 0 saturated carbocycles. The van der Waals surface area contributed by atoms with Crippen molar-refractivity contribution >= 4 is 18.2 Å². The van der Waals surface area contributed by atoms with Crippen LogP contribution in [-0.4, -0.2) is 14.8 Å². The van der Waals surface area contributed by atoms with Crippen molar-refractivity contribution in [1.82, 2.24) is 14.8 Å². The third-order valence-electron chi connectivity index (χ3n) is 2.21. The van der Waals surface area contributed by atoms with Gasteiger partial charge in [-0.15, -0.1) is 5.10 Å². The number of benzene rings is 1. The fourth-order valence-corrected chi connectivity index (χ4v) is 1.64. The summed E-state index contributed by atoms with van der Waals surface area (Å²) in [7, 11) is 0. The molecule has 0 aliphatic carbocycles. The van der Waals surface area contributed by atoms with E-state index in [9.17, 15) is 17.6 Å². The van der Waals surface area contributed by atoms with Gasteiger partial charge in [-0.2, -0.15) is 13.2 Å². The fraction of sp³-hybridized carbons (Fsp3) is 0.111. The summed E-state index contributed by atoms with van der Waals surface area (Å²) in [5.74, 6) is -1.11. The number of nitrogens with zero attached hydrogens (tertiary/aromatic N) is 2. The normalized spacial score (nSPS) is 11.8. The summed E-state index contributed by atoms with van der Waals surface area (Å²) in [5.41, 5.74) is 4.01. The summed E-state index contributed by atoms with van der Waals surface area (Å²) < 4.78 is 51.9. The topological polar surface area (TPSA) is 59.6 Å². The molecule has 2 rings (SSSR count). The molecule has 0 aliphatic rings. The highest BCUT2D eigenvalue weighted by Crippen LogP contribution is 2.31. The third kappa shape index (κ3) is 2.08. The second kappa shape index (κ2) is 4.09. The monoisotopic (exact) mass is 278 g/mol. The van der Waals surface area contributed by atoms with Crippen LogP contribution >= 0.6 is 12.2 Å². The molecule has 1 heterocycles. The molecule has 0 spiro atoms. The predicted octanol–water partition coefficient (Wildman–Crippen LogP) is 2.67. The number of aromatic nitrogens is 3. The number of alkyl halides is 3. The van der Waals surface area contributed by atoms with Crippen LogP contribution in [-0.2, 0) is 6.18 Å². The van der Waals surface area contributed by atoms with Crippen molar-refractivity contribution in [2.45, 2.75) is 6.18 Å². The highest BCUT2D eigenvalue weighted by molar-refractivity contribution is 7.71. The quantitative estimate of drug-likeness (QED) is 0.623. The van der Waals surface area contributed by atoms with Gasteiger partial charge >= 0.3 is 6.18 Å². The Morgan fingerprint density at radius 3 is 2.50 bits per heavy atom. The number of halogens is 4. The van der Waals surface area contributed by atoms with Crippen LogP contribution in [0.2, 0.25) is 0 Å². The van der Waals surface area contributed by atoms with Gasteiger partial charge in [0.05, 0.1) is 11.3 Å². The van der Waals surface area contributed by atoms with Gasteiger partial charge in [-0.05, 0) is 30.4 Å². The van der Waals surface area contributed by atoms with Gasteiger partial charge in [0.15, 0.2) is 0 Å². The van der Waals surface area contributed by atoms with Crippen LogP contribution in [0.3, 0.4) is 0 Å². The molecular weight excluding hydrogens is 272 g/mol. The minimum absolute atomic E-state index is 0.0919. The Morgan fingerprint density at radius 1 is 1.33 bits per heavy atom. The predicted molar refractivity (Wildman–Crippen MR) is 58.1 cm³/mol. The molecule has 96 valence electrons. The first-order chi connectivity index (χ1) is 8.30. The van der Waals surface area contributed by atoms with Gasteiger partial charge in [0.2, 0.25) is 10.7 Å². The van der Waals surface area contributed by atoms with Crippen molar-refractivity contribution in [2.24, 2.45) is 0 Å². The maximum Gasteiger partial charge on any atom is 0.416 e. The lowest BCUT2D eigenvalue weighted by atomic mass is 10.2. The molecule has 0 unspecified atom stereocenters. The van der Waals surface area contributed by atoms with Crippen molar-refractivity contribution in [2.75, 3.05) is 5.73 Å². The van der Waals surface area contributed by atoms with E-state index < -0.39 is 23.2 Å². The fourth-order valence-electron chi connectivity index (χ4n) is 1.40. The summed E-state index contributed by atoms with van der Waals surface area (Å²) in [5, 5.41) is 5.76. The van der Waals surface area contributed by atoms with Crippen molar-refractivity contribution in [3.63, 3.8) is 0 Å². The first-order valence-electron chi connectivity index (χ1n) is 4.60. The summed E-state index contributed by atoms with van der Waals surface area (Å²) in [4.78, 5) is 0. The minimum Gasteiger partial charge on any atom is -0.368 e. The van der Waals surface area contributed by atoms with Crippen LogP contribution in [0.15, 0.2) is 18.2 Å². The van der Waals surface area contributed by atoms with Crippen LogP contribution in [0.4, 0.5) is 23.5 Å². The Kier molecular flexibility index (Phi) is 2.85. The molecule has 0 atom stereocenters. The van der Waals surface area contributed by atoms with Crippen LogP contribution in [0.5, 0.6) is 0 Å². The number of hydrogen-bond acceptors (Lipinski definition) is 3. The van der Waals surface area contributed by atoms with Crippen LogP contribution in [0.1, 0.15) is 5.56 Å². The molecule has 18 heavy (non-hydrogen) atoms. The Labute approximate surface area is 103 Å². The van der Waals surface area contributed by atoms with E-state index in [0.717, 1.165) is 4.57 Å². The van der Waals surface area contributed by atoms with E-state index in [4.69, 9.17) is 18.0 Å². The summed E-state index contributed by atoms with van der Waals surface area (Å²) in [6.45, 7) is 0. The van der Waals surface area contributed by atoms with Crippen molar-refractivity contribution in [3.05, 3.63) is 34.4 Å². The summed E-state index contributed by atoms with van der Waals surface area (Å²) in [6, 6.07) is 1.96. The molecule has 2 aromatic rings. The van der Waals surface area contributed by atoms with E-state index in [-0.39, 0.29) is 10.7 Å². The van der Waals surface area contributed by atoms with Crippen LogP contribution in [0.25, 0.3) is 5.69 Å². The molecule has 3 N–H and O–H groups in total. The lowest BCUT2D eigenvalue weighted by molar-refractivity contribution is -0.137. The number of nitrogens with one attached hydrogen (secondary N) is 1. The average molecular weight is 278 g/mol. The molecule has 0 saturated heterocycles. The van der Waals surface area contributed by atoms with Gasteiger partial charge in [0.25, 0.3) is 0 Å². The van der Waals surface area contributed by atoms with E-state index in [1.807, 2.05) is 0 Å². The van der Waals surface area contributed by atoms with Gasteiger partial charge in [0, 0.05) is 0 Å². The Morgan fingerprint density at radius 2 is 2.00 bits per heavy atom. The molecule has 9 heteroatoms. The number of nitrogens with two attached hydrogens (primary N) is 1. The number of aromatic amines is 1. The number of anilines is 1.